The lowest BCUT2D eigenvalue weighted by atomic mass is 9.67. The summed E-state index contributed by atoms with van der Waals surface area (Å²) < 4.78 is 19.6. The summed E-state index contributed by atoms with van der Waals surface area (Å²) in [6, 6.07) is 10.1. The predicted molar refractivity (Wildman–Crippen MR) is 130 cm³/mol. The van der Waals surface area contributed by atoms with Gasteiger partial charge in [-0.1, -0.05) is 37.8 Å². The van der Waals surface area contributed by atoms with Crippen molar-refractivity contribution in [3.8, 4) is 0 Å². The monoisotopic (exact) mass is 485 g/mol. The molecule has 0 bridgehead atoms. The molecule has 1 saturated heterocycles. The third-order valence-electron chi connectivity index (χ3n) is 8.12. The number of benzene rings is 1. The van der Waals surface area contributed by atoms with Gasteiger partial charge in [-0.3, -0.25) is 9.59 Å². The Bertz CT molecular complexity index is 1000. The second-order valence-electron chi connectivity index (χ2n) is 10.3. The standard InChI is InChI=1S/C27H33FN2O3S/c28-20-7-5-8-21(16-20)29-25(31)18-30-13-10-22-19(17-30)15-23(22)33-26(32)27(24-9-6-14-34-24)11-3-1-2-4-12-27/h5-9,14,16,19,22-23H,1-4,10-13,15,17-18H2,(H,29,31)/p+1. The fourth-order valence-electron chi connectivity index (χ4n) is 6.23. The Kier molecular flexibility index (Phi) is 7.02. The number of likely N-dealkylation sites (tertiary alicyclic amines) is 1. The minimum atomic E-state index is -0.462. The number of carbonyl (C=O) groups excluding carboxylic acids is 2. The van der Waals surface area contributed by atoms with Crippen molar-refractivity contribution in [1.82, 2.24) is 0 Å². The number of ether oxygens (including phenoxy) is 1. The number of hydrogen-bond acceptors (Lipinski definition) is 4. The van der Waals surface area contributed by atoms with Crippen molar-refractivity contribution in [1.29, 1.82) is 0 Å². The van der Waals surface area contributed by atoms with E-state index in [4.69, 9.17) is 4.74 Å². The molecule has 1 aromatic carbocycles. The Morgan fingerprint density at radius 1 is 1.15 bits per heavy atom. The van der Waals surface area contributed by atoms with E-state index in [0.717, 1.165) is 51.6 Å². The van der Waals surface area contributed by atoms with Gasteiger partial charge in [0, 0.05) is 28.8 Å². The van der Waals surface area contributed by atoms with Crippen LogP contribution in [0.25, 0.3) is 0 Å². The van der Waals surface area contributed by atoms with E-state index >= 15 is 0 Å². The molecule has 5 rings (SSSR count). The highest BCUT2D eigenvalue weighted by molar-refractivity contribution is 7.10. The second-order valence-corrected chi connectivity index (χ2v) is 11.3. The number of piperidine rings is 1. The summed E-state index contributed by atoms with van der Waals surface area (Å²) in [5.74, 6) is 0.448. The molecule has 5 nitrogen and oxygen atoms in total. The zero-order valence-corrected chi connectivity index (χ0v) is 20.4. The molecule has 2 saturated carbocycles. The maximum atomic E-state index is 13.6. The average molecular weight is 486 g/mol. The van der Waals surface area contributed by atoms with Crippen LogP contribution in [0.5, 0.6) is 0 Å². The van der Waals surface area contributed by atoms with Crippen LogP contribution in [0.15, 0.2) is 41.8 Å². The molecule has 2 N–H and O–H groups in total. The van der Waals surface area contributed by atoms with Crippen LogP contribution in [0, 0.1) is 17.7 Å². The minimum Gasteiger partial charge on any atom is -0.461 e. The molecular formula is C27H34FN2O3S+. The SMILES string of the molecule is O=C(C[NH+]1CCC2C(CC2OC(=O)C2(c3cccs3)CCCCCC2)C1)Nc1cccc(F)c1. The molecule has 1 amide bonds. The van der Waals surface area contributed by atoms with Gasteiger partial charge in [-0.15, -0.1) is 11.3 Å². The molecule has 2 heterocycles. The van der Waals surface area contributed by atoms with Crippen LogP contribution in [0.4, 0.5) is 10.1 Å². The molecule has 182 valence electrons. The summed E-state index contributed by atoms with van der Waals surface area (Å²) in [6.07, 6.45) is 8.22. The smallest absolute Gasteiger partial charge is 0.317 e. The van der Waals surface area contributed by atoms with E-state index in [-0.39, 0.29) is 23.8 Å². The van der Waals surface area contributed by atoms with Gasteiger partial charge in [0.05, 0.1) is 13.1 Å². The number of carbonyl (C=O) groups is 2. The molecule has 1 aromatic heterocycles. The maximum Gasteiger partial charge on any atom is 0.317 e. The molecule has 34 heavy (non-hydrogen) atoms. The first-order chi connectivity index (χ1) is 16.5. The Hall–Kier alpha value is -2.25. The summed E-state index contributed by atoms with van der Waals surface area (Å²) in [5, 5.41) is 4.87. The number of hydrogen-bond donors (Lipinski definition) is 2. The molecule has 0 radical (unpaired) electrons. The fourth-order valence-corrected chi connectivity index (χ4v) is 7.21. The molecule has 2 aromatic rings. The lowest BCUT2D eigenvalue weighted by Crippen LogP contribution is -3.15. The van der Waals surface area contributed by atoms with E-state index in [2.05, 4.69) is 16.8 Å². The van der Waals surface area contributed by atoms with Crippen LogP contribution in [0.1, 0.15) is 56.2 Å². The van der Waals surface area contributed by atoms with Gasteiger partial charge in [0.1, 0.15) is 17.3 Å². The van der Waals surface area contributed by atoms with Gasteiger partial charge >= 0.3 is 5.97 Å². The van der Waals surface area contributed by atoms with E-state index in [1.165, 1.54) is 34.8 Å². The fraction of sp³-hybridized carbons (Fsp3) is 0.556. The van der Waals surface area contributed by atoms with Crippen molar-refractivity contribution < 1.29 is 23.6 Å². The van der Waals surface area contributed by atoms with Crippen molar-refractivity contribution >= 4 is 28.9 Å². The Balaban J connectivity index is 1.14. The third-order valence-corrected chi connectivity index (χ3v) is 9.19. The summed E-state index contributed by atoms with van der Waals surface area (Å²) in [4.78, 5) is 28.4. The van der Waals surface area contributed by atoms with Gasteiger partial charge in [-0.2, -0.15) is 0 Å². The van der Waals surface area contributed by atoms with Gasteiger partial charge < -0.3 is 15.0 Å². The van der Waals surface area contributed by atoms with Gasteiger partial charge in [0.15, 0.2) is 6.54 Å². The number of nitrogens with one attached hydrogen (secondary N) is 2. The number of fused-ring (bicyclic) bond motifs is 1. The Morgan fingerprint density at radius 3 is 2.68 bits per heavy atom. The van der Waals surface area contributed by atoms with Gasteiger partial charge in [0.25, 0.3) is 5.91 Å². The molecular weight excluding hydrogens is 451 g/mol. The summed E-state index contributed by atoms with van der Waals surface area (Å²) in [5.41, 5.74) is 0.0320. The number of quaternary nitrogens is 1. The second kappa shape index (κ2) is 10.2. The van der Waals surface area contributed by atoms with Crippen LogP contribution in [0.2, 0.25) is 0 Å². The number of rotatable bonds is 6. The lowest BCUT2D eigenvalue weighted by molar-refractivity contribution is -0.904. The van der Waals surface area contributed by atoms with Crippen LogP contribution >= 0.6 is 11.3 Å². The van der Waals surface area contributed by atoms with Gasteiger partial charge in [0.2, 0.25) is 0 Å². The molecule has 7 heteroatoms. The first-order valence-electron chi connectivity index (χ1n) is 12.7. The number of amides is 1. The van der Waals surface area contributed by atoms with E-state index < -0.39 is 5.41 Å². The van der Waals surface area contributed by atoms with Crippen molar-refractivity contribution in [2.24, 2.45) is 11.8 Å². The highest BCUT2D eigenvalue weighted by atomic mass is 32.1. The highest BCUT2D eigenvalue weighted by Gasteiger charge is 2.51. The van der Waals surface area contributed by atoms with Crippen LogP contribution in [0.3, 0.4) is 0 Å². The summed E-state index contributed by atoms with van der Waals surface area (Å²) in [6.45, 7) is 2.19. The van der Waals surface area contributed by atoms with E-state index in [1.807, 2.05) is 6.07 Å². The average Bonchev–Trinajstić information content (AvgIpc) is 3.23. The molecule has 2 aliphatic carbocycles. The zero-order valence-electron chi connectivity index (χ0n) is 19.6. The van der Waals surface area contributed by atoms with E-state index in [0.29, 0.717) is 24.1 Å². The quantitative estimate of drug-likeness (QED) is 0.481. The normalized spacial score (nSPS) is 28.1. The highest BCUT2D eigenvalue weighted by Crippen LogP contribution is 2.45. The van der Waals surface area contributed by atoms with Crippen LogP contribution in [-0.4, -0.2) is 37.6 Å². The topological polar surface area (TPSA) is 59.8 Å². The Labute approximate surface area is 204 Å². The van der Waals surface area contributed by atoms with Gasteiger partial charge in [-0.05, 0) is 48.9 Å². The number of anilines is 1. The largest absolute Gasteiger partial charge is 0.461 e. The predicted octanol–water partition coefficient (Wildman–Crippen LogP) is 3.95. The minimum absolute atomic E-state index is 0.00968. The van der Waals surface area contributed by atoms with Crippen molar-refractivity contribution in [3.63, 3.8) is 0 Å². The Morgan fingerprint density at radius 2 is 1.97 bits per heavy atom. The van der Waals surface area contributed by atoms with Crippen LogP contribution < -0.4 is 10.2 Å². The van der Waals surface area contributed by atoms with E-state index in [1.54, 1.807) is 23.5 Å². The number of esters is 1. The molecule has 3 fully saturated rings. The molecule has 4 atom stereocenters. The summed E-state index contributed by atoms with van der Waals surface area (Å²) >= 11 is 1.69. The first-order valence-corrected chi connectivity index (χ1v) is 13.6. The van der Waals surface area contributed by atoms with Crippen molar-refractivity contribution in [2.75, 3.05) is 25.0 Å². The molecule has 3 aliphatic rings. The third kappa shape index (κ3) is 4.91. The first kappa shape index (κ1) is 23.5. The molecule has 4 unspecified atom stereocenters. The van der Waals surface area contributed by atoms with Crippen LogP contribution in [-0.2, 0) is 19.7 Å². The number of halogens is 1. The number of thiophene rings is 1. The summed E-state index contributed by atoms with van der Waals surface area (Å²) in [7, 11) is 0. The van der Waals surface area contributed by atoms with Crippen molar-refractivity contribution in [3.05, 3.63) is 52.5 Å². The van der Waals surface area contributed by atoms with Crippen molar-refractivity contribution in [2.45, 2.75) is 62.9 Å². The lowest BCUT2D eigenvalue weighted by Gasteiger charge is -2.48. The van der Waals surface area contributed by atoms with E-state index in [9.17, 15) is 14.0 Å². The molecule has 0 spiro atoms. The maximum absolute atomic E-state index is 13.6. The van der Waals surface area contributed by atoms with Gasteiger partial charge in [-0.25, -0.2) is 4.39 Å². The molecule has 1 aliphatic heterocycles. The zero-order chi connectivity index (χ0) is 23.5.